The molecule has 2 aromatic rings. The predicted molar refractivity (Wildman–Crippen MR) is 89.3 cm³/mol. The van der Waals surface area contributed by atoms with Crippen molar-refractivity contribution < 1.29 is 0 Å². The van der Waals surface area contributed by atoms with E-state index in [1.807, 2.05) is 39.8 Å². The Balaban J connectivity index is 2.68. The Bertz CT molecular complexity index is 697. The summed E-state index contributed by atoms with van der Waals surface area (Å²) in [5, 5.41) is 0. The van der Waals surface area contributed by atoms with Crippen LogP contribution in [0.3, 0.4) is 0 Å². The average molecular weight is 400 g/mol. The second-order valence-electron chi connectivity index (χ2n) is 5.19. The highest BCUT2D eigenvalue weighted by atomic mass is 79.9. The van der Waals surface area contributed by atoms with Crippen molar-refractivity contribution in [3.63, 3.8) is 0 Å². The lowest BCUT2D eigenvalue weighted by atomic mass is 10.1. The Kier molecular flexibility index (Phi) is 4.49. The molecule has 0 aliphatic heterocycles. The lowest BCUT2D eigenvalue weighted by Gasteiger charge is -2.11. The van der Waals surface area contributed by atoms with Gasteiger partial charge in [0, 0.05) is 10.0 Å². The fourth-order valence-corrected chi connectivity index (χ4v) is 2.95. The van der Waals surface area contributed by atoms with Crippen LogP contribution in [0, 0.1) is 13.8 Å². The normalized spacial score (nSPS) is 11.2. The zero-order chi connectivity index (χ0) is 15.0. The molecule has 1 aromatic heterocycles. The zero-order valence-electron chi connectivity index (χ0n) is 11.8. The summed E-state index contributed by atoms with van der Waals surface area (Å²) in [5.41, 5.74) is 3.81. The molecular weight excluding hydrogens is 384 g/mol. The third-order valence-corrected chi connectivity index (χ3v) is 5.16. The maximum absolute atomic E-state index is 12.0. The molecule has 0 saturated heterocycles. The van der Waals surface area contributed by atoms with Crippen LogP contribution < -0.4 is 5.56 Å². The van der Waals surface area contributed by atoms with Crippen molar-refractivity contribution in [2.24, 2.45) is 0 Å². The molecule has 0 radical (unpaired) electrons. The number of aromatic amines is 1. The minimum atomic E-state index is -0.142. The highest BCUT2D eigenvalue weighted by Crippen LogP contribution is 2.28. The molecule has 0 aliphatic rings. The van der Waals surface area contributed by atoms with Crippen molar-refractivity contribution in [3.05, 3.63) is 48.3 Å². The van der Waals surface area contributed by atoms with Gasteiger partial charge >= 0.3 is 0 Å². The summed E-state index contributed by atoms with van der Waals surface area (Å²) in [6, 6.07) is 4.04. The number of H-pyrrole nitrogens is 1. The van der Waals surface area contributed by atoms with E-state index in [-0.39, 0.29) is 11.5 Å². The zero-order valence-corrected chi connectivity index (χ0v) is 15.0. The first kappa shape index (κ1) is 15.4. The van der Waals surface area contributed by atoms with Crippen LogP contribution in [0.4, 0.5) is 0 Å². The minimum absolute atomic E-state index is 0.142. The van der Waals surface area contributed by atoms with Gasteiger partial charge in [-0.1, -0.05) is 29.8 Å². The maximum atomic E-state index is 12.0. The van der Waals surface area contributed by atoms with Gasteiger partial charge in [0.05, 0.1) is 5.69 Å². The van der Waals surface area contributed by atoms with Crippen molar-refractivity contribution in [3.8, 4) is 11.4 Å². The van der Waals surface area contributed by atoms with Crippen LogP contribution in [-0.4, -0.2) is 9.97 Å². The van der Waals surface area contributed by atoms with Crippen LogP contribution in [0.25, 0.3) is 11.4 Å². The fraction of sp³-hybridized carbons (Fsp3) is 0.333. The van der Waals surface area contributed by atoms with Gasteiger partial charge in [0.1, 0.15) is 10.3 Å². The molecule has 0 atom stereocenters. The number of halogens is 2. The van der Waals surface area contributed by atoms with Gasteiger partial charge in [-0.3, -0.25) is 4.79 Å². The van der Waals surface area contributed by atoms with Gasteiger partial charge in [0.2, 0.25) is 0 Å². The van der Waals surface area contributed by atoms with Crippen LogP contribution in [0.15, 0.2) is 25.9 Å². The van der Waals surface area contributed by atoms with E-state index in [1.54, 1.807) is 0 Å². The van der Waals surface area contributed by atoms with E-state index in [0.717, 1.165) is 26.9 Å². The number of hydrogen-bond donors (Lipinski definition) is 1. The van der Waals surface area contributed by atoms with Crippen molar-refractivity contribution in [2.75, 3.05) is 0 Å². The first-order valence-corrected chi connectivity index (χ1v) is 7.96. The molecule has 5 heteroatoms. The summed E-state index contributed by atoms with van der Waals surface area (Å²) < 4.78 is 1.60. The summed E-state index contributed by atoms with van der Waals surface area (Å²) >= 11 is 6.86. The van der Waals surface area contributed by atoms with E-state index in [2.05, 4.69) is 41.8 Å². The van der Waals surface area contributed by atoms with Gasteiger partial charge in [-0.2, -0.15) is 0 Å². The quantitative estimate of drug-likeness (QED) is 0.795. The maximum Gasteiger partial charge on any atom is 0.265 e. The first-order chi connectivity index (χ1) is 9.31. The van der Waals surface area contributed by atoms with Crippen LogP contribution in [0.5, 0.6) is 0 Å². The molecule has 0 aliphatic carbocycles. The lowest BCUT2D eigenvalue weighted by molar-refractivity contribution is 0.803. The summed E-state index contributed by atoms with van der Waals surface area (Å²) in [7, 11) is 0. The van der Waals surface area contributed by atoms with E-state index in [4.69, 9.17) is 0 Å². The molecule has 0 amide bonds. The molecule has 1 heterocycles. The van der Waals surface area contributed by atoms with E-state index in [1.165, 1.54) is 0 Å². The van der Waals surface area contributed by atoms with E-state index < -0.39 is 0 Å². The van der Waals surface area contributed by atoms with Crippen LogP contribution in [-0.2, 0) is 0 Å². The standard InChI is InChI=1S/C15H16Br2N2O/c1-7(2)13-12(17)15(20)19-14(18-13)10-5-8(3)11(16)9(4)6-10/h5-7H,1-4H3,(H,18,19,20). The van der Waals surface area contributed by atoms with Crippen LogP contribution in [0.2, 0.25) is 0 Å². The van der Waals surface area contributed by atoms with Crippen molar-refractivity contribution in [2.45, 2.75) is 33.6 Å². The molecule has 3 nitrogen and oxygen atoms in total. The predicted octanol–water partition coefficient (Wildman–Crippen LogP) is 4.70. The van der Waals surface area contributed by atoms with Crippen molar-refractivity contribution in [1.82, 2.24) is 9.97 Å². The Morgan fingerprint density at radius 2 is 1.65 bits per heavy atom. The Labute approximate surface area is 135 Å². The molecule has 20 heavy (non-hydrogen) atoms. The number of aromatic nitrogens is 2. The largest absolute Gasteiger partial charge is 0.306 e. The highest BCUT2D eigenvalue weighted by molar-refractivity contribution is 9.10. The van der Waals surface area contributed by atoms with Gasteiger partial charge in [0.25, 0.3) is 5.56 Å². The molecule has 0 spiro atoms. The smallest absolute Gasteiger partial charge is 0.265 e. The van der Waals surface area contributed by atoms with Crippen molar-refractivity contribution >= 4 is 31.9 Å². The Morgan fingerprint density at radius 3 is 2.15 bits per heavy atom. The van der Waals surface area contributed by atoms with Gasteiger partial charge in [-0.25, -0.2) is 4.98 Å². The molecule has 0 fully saturated rings. The second kappa shape index (κ2) is 5.82. The molecule has 106 valence electrons. The van der Waals surface area contributed by atoms with Gasteiger partial charge < -0.3 is 4.98 Å². The summed E-state index contributed by atoms with van der Waals surface area (Å²) in [6.45, 7) is 8.10. The van der Waals surface area contributed by atoms with Crippen LogP contribution >= 0.6 is 31.9 Å². The topological polar surface area (TPSA) is 45.8 Å². The summed E-state index contributed by atoms with van der Waals surface area (Å²) in [6.07, 6.45) is 0. The number of nitrogens with zero attached hydrogens (tertiary/aromatic N) is 1. The highest BCUT2D eigenvalue weighted by Gasteiger charge is 2.14. The van der Waals surface area contributed by atoms with Crippen molar-refractivity contribution in [1.29, 1.82) is 0 Å². The third-order valence-electron chi connectivity index (χ3n) is 3.15. The summed E-state index contributed by atoms with van der Waals surface area (Å²) in [5.74, 6) is 0.795. The van der Waals surface area contributed by atoms with Gasteiger partial charge in [-0.15, -0.1) is 0 Å². The third kappa shape index (κ3) is 2.88. The average Bonchev–Trinajstić information content (AvgIpc) is 2.38. The number of aryl methyl sites for hydroxylation is 2. The minimum Gasteiger partial charge on any atom is -0.306 e. The number of benzene rings is 1. The molecular formula is C15H16Br2N2O. The number of nitrogens with one attached hydrogen (secondary N) is 1. The van der Waals surface area contributed by atoms with Gasteiger partial charge in [-0.05, 0) is 59.0 Å². The van der Waals surface area contributed by atoms with E-state index >= 15 is 0 Å². The van der Waals surface area contributed by atoms with E-state index in [9.17, 15) is 4.79 Å². The molecule has 0 bridgehead atoms. The Hall–Kier alpha value is -0.940. The first-order valence-electron chi connectivity index (χ1n) is 6.38. The summed E-state index contributed by atoms with van der Waals surface area (Å²) in [4.78, 5) is 19.5. The fourth-order valence-electron chi connectivity index (χ4n) is 2.08. The number of rotatable bonds is 2. The monoisotopic (exact) mass is 398 g/mol. The second-order valence-corrected chi connectivity index (χ2v) is 6.78. The number of hydrogen-bond acceptors (Lipinski definition) is 2. The molecule has 1 aromatic carbocycles. The SMILES string of the molecule is Cc1cc(-c2nc(C(C)C)c(Br)c(=O)[nH]2)cc(C)c1Br. The molecule has 2 rings (SSSR count). The van der Waals surface area contributed by atoms with Crippen LogP contribution in [0.1, 0.15) is 36.6 Å². The lowest BCUT2D eigenvalue weighted by Crippen LogP contribution is -2.14. The van der Waals surface area contributed by atoms with Gasteiger partial charge in [0.15, 0.2) is 0 Å². The molecule has 0 saturated carbocycles. The molecule has 1 N–H and O–H groups in total. The van der Waals surface area contributed by atoms with E-state index in [0.29, 0.717) is 10.3 Å². The Morgan fingerprint density at radius 1 is 1.10 bits per heavy atom. The molecule has 0 unspecified atom stereocenters.